The van der Waals surface area contributed by atoms with E-state index in [1.807, 2.05) is 12.1 Å². The summed E-state index contributed by atoms with van der Waals surface area (Å²) in [5.41, 5.74) is 3.83. The van der Waals surface area contributed by atoms with Gasteiger partial charge >= 0.3 is 0 Å². The van der Waals surface area contributed by atoms with Crippen molar-refractivity contribution in [1.82, 2.24) is 15.1 Å². The minimum Gasteiger partial charge on any atom is -0.493 e. The SMILES string of the molecule is C=CCc1cc(C(=O)NCc2ccccc2CN2CCN(CC)CC2)cc(OC)c1OC. The van der Waals surface area contributed by atoms with E-state index in [4.69, 9.17) is 9.47 Å². The molecule has 1 N–H and O–H groups in total. The van der Waals surface area contributed by atoms with E-state index in [0.29, 0.717) is 30.0 Å². The lowest BCUT2D eigenvalue weighted by Gasteiger charge is -2.34. The van der Waals surface area contributed by atoms with Crippen LogP contribution >= 0.6 is 0 Å². The number of benzene rings is 2. The summed E-state index contributed by atoms with van der Waals surface area (Å²) in [4.78, 5) is 17.9. The van der Waals surface area contributed by atoms with E-state index in [1.54, 1.807) is 26.4 Å². The minimum absolute atomic E-state index is 0.136. The molecule has 0 unspecified atom stereocenters. The topological polar surface area (TPSA) is 54.0 Å². The van der Waals surface area contributed by atoms with Crippen molar-refractivity contribution in [2.45, 2.75) is 26.4 Å². The highest BCUT2D eigenvalue weighted by atomic mass is 16.5. The Morgan fingerprint density at radius 1 is 1.03 bits per heavy atom. The van der Waals surface area contributed by atoms with Crippen molar-refractivity contribution in [1.29, 1.82) is 0 Å². The van der Waals surface area contributed by atoms with Crippen LogP contribution in [0.1, 0.15) is 34.0 Å². The predicted molar refractivity (Wildman–Crippen MR) is 128 cm³/mol. The van der Waals surface area contributed by atoms with Crippen LogP contribution < -0.4 is 14.8 Å². The first-order chi connectivity index (χ1) is 15.6. The van der Waals surface area contributed by atoms with Gasteiger partial charge in [-0.25, -0.2) is 0 Å². The summed E-state index contributed by atoms with van der Waals surface area (Å²) in [7, 11) is 3.18. The van der Waals surface area contributed by atoms with Crippen molar-refractivity contribution in [3.63, 3.8) is 0 Å². The molecule has 2 aromatic rings. The van der Waals surface area contributed by atoms with Crippen LogP contribution in [0, 0.1) is 0 Å². The Hall–Kier alpha value is -2.83. The van der Waals surface area contributed by atoms with E-state index in [-0.39, 0.29) is 5.91 Å². The molecule has 0 saturated carbocycles. The van der Waals surface area contributed by atoms with Gasteiger partial charge in [-0.15, -0.1) is 6.58 Å². The van der Waals surface area contributed by atoms with Gasteiger partial charge in [-0.2, -0.15) is 0 Å². The van der Waals surface area contributed by atoms with Crippen LogP contribution in [0.25, 0.3) is 0 Å². The molecule has 0 aliphatic carbocycles. The van der Waals surface area contributed by atoms with Crippen LogP contribution in [0.15, 0.2) is 49.1 Å². The number of likely N-dealkylation sites (N-methyl/N-ethyl adjacent to an activating group) is 1. The molecule has 0 radical (unpaired) electrons. The second-order valence-corrected chi connectivity index (χ2v) is 8.03. The number of hydrogen-bond acceptors (Lipinski definition) is 5. The normalized spacial score (nSPS) is 14.7. The Kier molecular flexibility index (Phi) is 8.71. The quantitative estimate of drug-likeness (QED) is 0.577. The molecule has 1 heterocycles. The molecule has 0 spiro atoms. The van der Waals surface area contributed by atoms with Crippen LogP contribution in [0.5, 0.6) is 11.5 Å². The molecule has 1 aliphatic rings. The molecular formula is C26H35N3O3. The van der Waals surface area contributed by atoms with Crippen LogP contribution in [-0.2, 0) is 19.5 Å². The van der Waals surface area contributed by atoms with Gasteiger partial charge in [0.05, 0.1) is 14.2 Å². The van der Waals surface area contributed by atoms with Crippen molar-refractivity contribution >= 4 is 5.91 Å². The van der Waals surface area contributed by atoms with E-state index < -0.39 is 0 Å². The average molecular weight is 438 g/mol. The first-order valence-electron chi connectivity index (χ1n) is 11.2. The molecule has 6 heteroatoms. The monoisotopic (exact) mass is 437 g/mol. The molecule has 6 nitrogen and oxygen atoms in total. The van der Waals surface area contributed by atoms with Crippen molar-refractivity contribution < 1.29 is 14.3 Å². The zero-order chi connectivity index (χ0) is 22.9. The van der Waals surface area contributed by atoms with E-state index in [0.717, 1.165) is 50.4 Å². The Bertz CT molecular complexity index is 921. The number of carbonyl (C=O) groups is 1. The van der Waals surface area contributed by atoms with Gasteiger partial charge in [0.25, 0.3) is 5.91 Å². The van der Waals surface area contributed by atoms with Gasteiger partial charge in [0.15, 0.2) is 11.5 Å². The molecular weight excluding hydrogens is 402 g/mol. The lowest BCUT2D eigenvalue weighted by atomic mass is 10.0. The molecule has 1 saturated heterocycles. The molecule has 3 rings (SSSR count). The van der Waals surface area contributed by atoms with Gasteiger partial charge in [0.2, 0.25) is 0 Å². The summed E-state index contributed by atoms with van der Waals surface area (Å²) in [5.74, 6) is 1.05. The summed E-state index contributed by atoms with van der Waals surface area (Å²) in [6.07, 6.45) is 2.38. The Morgan fingerprint density at radius 2 is 1.72 bits per heavy atom. The first-order valence-corrected chi connectivity index (χ1v) is 11.2. The van der Waals surface area contributed by atoms with Crippen LogP contribution in [0.4, 0.5) is 0 Å². The number of nitrogens with one attached hydrogen (secondary N) is 1. The zero-order valence-electron chi connectivity index (χ0n) is 19.5. The lowest BCUT2D eigenvalue weighted by Crippen LogP contribution is -2.45. The molecule has 32 heavy (non-hydrogen) atoms. The number of piperazine rings is 1. The molecule has 172 valence electrons. The second kappa shape index (κ2) is 11.7. The number of amides is 1. The number of hydrogen-bond donors (Lipinski definition) is 1. The van der Waals surface area contributed by atoms with Crippen LogP contribution in [-0.4, -0.2) is 62.7 Å². The predicted octanol–water partition coefficient (Wildman–Crippen LogP) is 3.50. The summed E-state index contributed by atoms with van der Waals surface area (Å²) in [6, 6.07) is 11.9. The van der Waals surface area contributed by atoms with E-state index >= 15 is 0 Å². The lowest BCUT2D eigenvalue weighted by molar-refractivity contribution is 0.0950. The number of carbonyl (C=O) groups excluding carboxylic acids is 1. The van der Waals surface area contributed by atoms with Crippen molar-refractivity contribution in [3.05, 3.63) is 71.3 Å². The molecule has 0 bridgehead atoms. The van der Waals surface area contributed by atoms with E-state index in [1.165, 1.54) is 5.56 Å². The summed E-state index contributed by atoms with van der Waals surface area (Å²) in [6.45, 7) is 12.9. The van der Waals surface area contributed by atoms with Crippen LogP contribution in [0.3, 0.4) is 0 Å². The number of nitrogens with zero attached hydrogens (tertiary/aromatic N) is 2. The number of ether oxygens (including phenoxy) is 2. The average Bonchev–Trinajstić information content (AvgIpc) is 2.83. The maximum Gasteiger partial charge on any atom is 0.251 e. The largest absolute Gasteiger partial charge is 0.493 e. The third kappa shape index (κ3) is 5.90. The molecule has 0 aromatic heterocycles. The van der Waals surface area contributed by atoms with Crippen molar-refractivity contribution in [2.24, 2.45) is 0 Å². The minimum atomic E-state index is -0.136. The van der Waals surface area contributed by atoms with E-state index in [9.17, 15) is 4.79 Å². The molecule has 0 atom stereocenters. The maximum absolute atomic E-state index is 13.0. The Balaban J connectivity index is 1.69. The fraction of sp³-hybridized carbons (Fsp3) is 0.423. The number of methoxy groups -OCH3 is 2. The fourth-order valence-corrected chi connectivity index (χ4v) is 4.15. The molecule has 1 amide bonds. The molecule has 2 aromatic carbocycles. The van der Waals surface area contributed by atoms with E-state index in [2.05, 4.69) is 46.8 Å². The molecule has 1 fully saturated rings. The van der Waals surface area contributed by atoms with Crippen LogP contribution in [0.2, 0.25) is 0 Å². The summed E-state index contributed by atoms with van der Waals surface area (Å²) >= 11 is 0. The smallest absolute Gasteiger partial charge is 0.251 e. The highest BCUT2D eigenvalue weighted by Crippen LogP contribution is 2.33. The number of rotatable bonds is 10. The second-order valence-electron chi connectivity index (χ2n) is 8.03. The van der Waals surface area contributed by atoms with Gasteiger partial charge in [0, 0.05) is 50.4 Å². The summed E-state index contributed by atoms with van der Waals surface area (Å²) in [5, 5.41) is 3.08. The maximum atomic E-state index is 13.0. The molecule has 1 aliphatic heterocycles. The third-order valence-electron chi connectivity index (χ3n) is 6.05. The van der Waals surface area contributed by atoms with Crippen molar-refractivity contribution in [3.8, 4) is 11.5 Å². The van der Waals surface area contributed by atoms with Gasteiger partial charge in [-0.05, 0) is 36.2 Å². The summed E-state index contributed by atoms with van der Waals surface area (Å²) < 4.78 is 10.9. The Morgan fingerprint density at radius 3 is 2.34 bits per heavy atom. The van der Waals surface area contributed by atoms with Gasteiger partial charge < -0.3 is 19.7 Å². The van der Waals surface area contributed by atoms with Crippen molar-refractivity contribution in [2.75, 3.05) is 46.9 Å². The first kappa shape index (κ1) is 23.8. The highest BCUT2D eigenvalue weighted by Gasteiger charge is 2.18. The number of allylic oxidation sites excluding steroid dienone is 1. The standard InChI is InChI=1S/C26H35N3O3/c1-5-9-20-16-23(17-24(31-3)25(20)32-4)26(30)27-18-21-10-7-8-11-22(21)19-29-14-12-28(6-2)13-15-29/h5,7-8,10-11,16-17H,1,6,9,12-15,18-19H2,2-4H3,(H,27,30). The van der Waals surface area contributed by atoms with Gasteiger partial charge in [0.1, 0.15) is 0 Å². The third-order valence-corrected chi connectivity index (χ3v) is 6.05. The van der Waals surface area contributed by atoms with Gasteiger partial charge in [-0.1, -0.05) is 37.3 Å². The highest BCUT2D eigenvalue weighted by molar-refractivity contribution is 5.95. The fourth-order valence-electron chi connectivity index (χ4n) is 4.15. The zero-order valence-corrected chi connectivity index (χ0v) is 19.5. The Labute approximate surface area is 191 Å². The van der Waals surface area contributed by atoms with Gasteiger partial charge in [-0.3, -0.25) is 9.69 Å².